The summed E-state index contributed by atoms with van der Waals surface area (Å²) in [5.41, 5.74) is 1.49. The predicted molar refractivity (Wildman–Crippen MR) is 110 cm³/mol. The zero-order valence-electron chi connectivity index (χ0n) is 15.3. The molecular weight excluding hydrogens is 415 g/mol. The van der Waals surface area contributed by atoms with E-state index in [1.165, 1.54) is 29.0 Å². The summed E-state index contributed by atoms with van der Waals surface area (Å²) >= 11 is 1.20. The third kappa shape index (κ3) is 6.33. The summed E-state index contributed by atoms with van der Waals surface area (Å²) in [7, 11) is -4.79. The number of nitrogens with one attached hydrogen (secondary N) is 2. The first-order valence-corrected chi connectivity index (χ1v) is 11.1. The molecule has 0 saturated carbocycles. The number of aromatic nitrogens is 2. The highest BCUT2D eigenvalue weighted by Gasteiger charge is 2.14. The van der Waals surface area contributed by atoms with Crippen LogP contribution in [-0.2, 0) is 16.6 Å². The maximum Gasteiger partial charge on any atom is 0.332 e. The molecule has 7 nitrogen and oxygen atoms in total. The Labute approximate surface area is 172 Å². The number of amides is 1. The fraction of sp³-hybridized carbons (Fsp3) is 0.211. The van der Waals surface area contributed by atoms with Crippen molar-refractivity contribution in [1.29, 1.82) is 0 Å². The van der Waals surface area contributed by atoms with Crippen molar-refractivity contribution in [2.75, 3.05) is 17.2 Å². The maximum absolute atomic E-state index is 12.9. The molecule has 3 rings (SSSR count). The van der Waals surface area contributed by atoms with Crippen LogP contribution in [0.1, 0.15) is 28.8 Å². The highest BCUT2D eigenvalue weighted by atomic mass is 32.3. The van der Waals surface area contributed by atoms with Gasteiger partial charge in [-0.2, -0.15) is 8.42 Å². The van der Waals surface area contributed by atoms with E-state index in [9.17, 15) is 17.1 Å². The summed E-state index contributed by atoms with van der Waals surface area (Å²) in [5.74, 6) is -0.488. The minimum atomic E-state index is -4.79. The number of rotatable bonds is 9. The van der Waals surface area contributed by atoms with E-state index < -0.39 is 21.0 Å². The van der Waals surface area contributed by atoms with Gasteiger partial charge in [-0.1, -0.05) is 41.7 Å². The van der Waals surface area contributed by atoms with E-state index in [0.717, 1.165) is 37.9 Å². The Kier molecular flexibility index (Phi) is 6.89. The average Bonchev–Trinajstić information content (AvgIpc) is 3.15. The Morgan fingerprint density at radius 3 is 2.34 bits per heavy atom. The van der Waals surface area contributed by atoms with Crippen LogP contribution in [0.15, 0.2) is 59.5 Å². The highest BCUT2D eigenvalue weighted by Crippen LogP contribution is 2.21. The summed E-state index contributed by atoms with van der Waals surface area (Å²) in [6.07, 6.45) is 3.03. The van der Waals surface area contributed by atoms with Crippen LogP contribution in [0.25, 0.3) is 0 Å². The number of hydrogen-bond donors (Lipinski definition) is 2. The number of aryl methyl sites for hydroxylation is 1. The molecule has 1 amide bonds. The van der Waals surface area contributed by atoms with Crippen molar-refractivity contribution in [3.8, 4) is 0 Å². The zero-order valence-corrected chi connectivity index (χ0v) is 17.0. The zero-order chi connectivity index (χ0) is 20.7. The molecular formula is C19H19FN4O3S2. The third-order valence-corrected chi connectivity index (χ3v) is 5.69. The van der Waals surface area contributed by atoms with Crippen molar-refractivity contribution < 1.29 is 17.1 Å². The fourth-order valence-electron chi connectivity index (χ4n) is 2.58. The van der Waals surface area contributed by atoms with E-state index in [1.54, 1.807) is 0 Å². The van der Waals surface area contributed by atoms with Crippen LogP contribution < -0.4 is 10.6 Å². The third-order valence-electron chi connectivity index (χ3n) is 4.05. The van der Waals surface area contributed by atoms with E-state index in [1.807, 2.05) is 18.2 Å². The molecule has 0 aliphatic carbocycles. The number of hydrogen-bond acceptors (Lipinski definition) is 7. The molecule has 3 aromatic rings. The van der Waals surface area contributed by atoms with Gasteiger partial charge in [-0.05, 0) is 49.1 Å². The number of benzene rings is 2. The first kappa shape index (κ1) is 20.9. The van der Waals surface area contributed by atoms with Crippen LogP contribution in [-0.4, -0.2) is 31.1 Å². The molecule has 0 aliphatic rings. The predicted octanol–water partition coefficient (Wildman–Crippen LogP) is 3.88. The average molecular weight is 435 g/mol. The molecule has 0 aliphatic heterocycles. The number of carbonyl (C=O) groups is 1. The van der Waals surface area contributed by atoms with Crippen molar-refractivity contribution in [2.24, 2.45) is 0 Å². The second-order valence-corrected chi connectivity index (χ2v) is 8.52. The minimum absolute atomic E-state index is 0.183. The Bertz CT molecular complexity index is 1050. The van der Waals surface area contributed by atoms with Crippen LogP contribution in [0.2, 0.25) is 0 Å². The SMILES string of the molecule is O=C(Nc1nnc(NCCCCc2ccccc2)s1)c1ccc(S(=O)(=O)F)cc1. The summed E-state index contributed by atoms with van der Waals surface area (Å²) < 4.78 is 34.5. The first-order valence-electron chi connectivity index (χ1n) is 8.89. The Balaban J connectivity index is 1.44. The summed E-state index contributed by atoms with van der Waals surface area (Å²) in [4.78, 5) is 11.7. The van der Waals surface area contributed by atoms with E-state index in [2.05, 4.69) is 33.0 Å². The Morgan fingerprint density at radius 2 is 1.66 bits per heavy atom. The molecule has 0 atom stereocenters. The largest absolute Gasteiger partial charge is 0.360 e. The quantitative estimate of drug-likeness (QED) is 0.391. The molecule has 29 heavy (non-hydrogen) atoms. The van der Waals surface area contributed by atoms with Crippen molar-refractivity contribution in [2.45, 2.75) is 24.2 Å². The van der Waals surface area contributed by atoms with E-state index in [0.29, 0.717) is 10.3 Å². The van der Waals surface area contributed by atoms with Gasteiger partial charge < -0.3 is 5.32 Å². The topological polar surface area (TPSA) is 101 Å². The maximum atomic E-state index is 12.9. The highest BCUT2D eigenvalue weighted by molar-refractivity contribution is 7.86. The molecule has 0 spiro atoms. The van der Waals surface area contributed by atoms with Crippen LogP contribution >= 0.6 is 11.3 Å². The molecule has 10 heteroatoms. The Morgan fingerprint density at radius 1 is 0.966 bits per heavy atom. The minimum Gasteiger partial charge on any atom is -0.360 e. The van der Waals surface area contributed by atoms with Gasteiger partial charge in [0.2, 0.25) is 10.3 Å². The lowest BCUT2D eigenvalue weighted by atomic mass is 10.1. The van der Waals surface area contributed by atoms with Crippen LogP contribution in [0.4, 0.5) is 14.1 Å². The van der Waals surface area contributed by atoms with Gasteiger partial charge in [-0.25, -0.2) is 0 Å². The Hall–Kier alpha value is -2.85. The molecule has 0 bridgehead atoms. The first-order chi connectivity index (χ1) is 13.9. The molecule has 2 aromatic carbocycles. The second-order valence-electron chi connectivity index (χ2n) is 6.20. The smallest absolute Gasteiger partial charge is 0.332 e. The van der Waals surface area contributed by atoms with Gasteiger partial charge in [0.05, 0.1) is 4.90 Å². The lowest BCUT2D eigenvalue weighted by Crippen LogP contribution is -2.11. The molecule has 2 N–H and O–H groups in total. The summed E-state index contributed by atoms with van der Waals surface area (Å²) in [6, 6.07) is 14.8. The molecule has 0 unspecified atom stereocenters. The number of unbranched alkanes of at least 4 members (excludes halogenated alkanes) is 1. The number of nitrogens with zero attached hydrogens (tertiary/aromatic N) is 2. The molecule has 0 saturated heterocycles. The molecule has 1 heterocycles. The molecule has 1 aromatic heterocycles. The van der Waals surface area contributed by atoms with Gasteiger partial charge in [0.1, 0.15) is 0 Å². The second kappa shape index (κ2) is 9.57. The standard InChI is InChI=1S/C19H19FN4O3S2/c20-29(26,27)16-11-9-15(10-12-16)17(25)22-19-24-23-18(28-19)21-13-5-4-8-14-6-2-1-3-7-14/h1-3,6-7,9-12H,4-5,8,13H2,(H,21,23)(H,22,24,25). The number of anilines is 2. The van der Waals surface area contributed by atoms with Crippen molar-refractivity contribution in [1.82, 2.24) is 10.2 Å². The van der Waals surface area contributed by atoms with E-state index in [4.69, 9.17) is 0 Å². The van der Waals surface area contributed by atoms with Crippen molar-refractivity contribution in [3.63, 3.8) is 0 Å². The summed E-state index contributed by atoms with van der Waals surface area (Å²) in [5, 5.41) is 14.5. The normalized spacial score (nSPS) is 11.2. The van der Waals surface area contributed by atoms with Crippen LogP contribution in [0.3, 0.4) is 0 Å². The van der Waals surface area contributed by atoms with Crippen LogP contribution in [0, 0.1) is 0 Å². The van der Waals surface area contributed by atoms with Gasteiger partial charge in [-0.3, -0.25) is 10.1 Å². The monoisotopic (exact) mass is 434 g/mol. The van der Waals surface area contributed by atoms with Gasteiger partial charge in [0, 0.05) is 12.1 Å². The number of halogens is 1. The van der Waals surface area contributed by atoms with Crippen LogP contribution in [0.5, 0.6) is 0 Å². The molecule has 0 fully saturated rings. The van der Waals surface area contributed by atoms with E-state index >= 15 is 0 Å². The van der Waals surface area contributed by atoms with Gasteiger partial charge in [0.15, 0.2) is 0 Å². The van der Waals surface area contributed by atoms with E-state index in [-0.39, 0.29) is 5.56 Å². The molecule has 0 radical (unpaired) electrons. The van der Waals surface area contributed by atoms with Gasteiger partial charge >= 0.3 is 10.2 Å². The fourth-order valence-corrected chi connectivity index (χ4v) is 3.70. The lowest BCUT2D eigenvalue weighted by Gasteiger charge is -2.03. The molecule has 152 valence electrons. The van der Waals surface area contributed by atoms with Gasteiger partial charge in [-0.15, -0.1) is 14.1 Å². The van der Waals surface area contributed by atoms with Crippen molar-refractivity contribution in [3.05, 3.63) is 65.7 Å². The lowest BCUT2D eigenvalue weighted by molar-refractivity contribution is 0.102. The number of carbonyl (C=O) groups excluding carboxylic acids is 1. The summed E-state index contributed by atoms with van der Waals surface area (Å²) in [6.45, 7) is 0.745. The van der Waals surface area contributed by atoms with Gasteiger partial charge in [0.25, 0.3) is 5.91 Å². The van der Waals surface area contributed by atoms with Crippen molar-refractivity contribution >= 4 is 37.7 Å².